The highest BCUT2D eigenvalue weighted by atomic mass is 79.9. The van der Waals surface area contributed by atoms with Gasteiger partial charge >= 0.3 is 0 Å². The molecule has 1 rings (SSSR count). The lowest BCUT2D eigenvalue weighted by Crippen LogP contribution is -1.85. The number of hydrogen-bond donors (Lipinski definition) is 1. The molecule has 0 amide bonds. The molecule has 0 spiro atoms. The molecule has 0 saturated carbocycles. The number of benzene rings is 1. The molecule has 0 fully saturated rings. The van der Waals surface area contributed by atoms with E-state index in [1.807, 2.05) is 12.3 Å². The van der Waals surface area contributed by atoms with Crippen molar-refractivity contribution in [3.05, 3.63) is 28.5 Å². The minimum Gasteiger partial charge on any atom is -0.330 e. The van der Waals surface area contributed by atoms with Crippen molar-refractivity contribution < 1.29 is 4.39 Å². The number of hydrogen-bond acceptors (Lipinski definition) is 2. The zero-order valence-corrected chi connectivity index (χ0v) is 8.30. The van der Waals surface area contributed by atoms with Crippen LogP contribution in [-0.2, 0) is 0 Å². The van der Waals surface area contributed by atoms with E-state index in [2.05, 4.69) is 20.7 Å². The SMILES string of the molecule is CSNc1cc(F)cc(Br)c1. The number of anilines is 1. The molecule has 0 unspecified atom stereocenters. The Balaban J connectivity index is 2.89. The fourth-order valence-electron chi connectivity index (χ4n) is 0.731. The van der Waals surface area contributed by atoms with Gasteiger partial charge in [-0.2, -0.15) is 0 Å². The molecule has 0 saturated heterocycles. The van der Waals surface area contributed by atoms with Crippen molar-refractivity contribution in [1.29, 1.82) is 0 Å². The van der Waals surface area contributed by atoms with Gasteiger partial charge in [0, 0.05) is 16.4 Å². The van der Waals surface area contributed by atoms with Crippen LogP contribution >= 0.6 is 27.9 Å². The van der Waals surface area contributed by atoms with Gasteiger partial charge in [-0.25, -0.2) is 4.39 Å². The summed E-state index contributed by atoms with van der Waals surface area (Å²) in [5, 5.41) is 0. The van der Waals surface area contributed by atoms with E-state index in [1.54, 1.807) is 0 Å². The molecule has 1 N–H and O–H groups in total. The number of nitrogens with one attached hydrogen (secondary N) is 1. The Hall–Kier alpha value is -0.220. The van der Waals surface area contributed by atoms with Gasteiger partial charge in [-0.3, -0.25) is 0 Å². The lowest BCUT2D eigenvalue weighted by atomic mass is 10.3. The predicted molar refractivity (Wildman–Crippen MR) is 51.2 cm³/mol. The van der Waals surface area contributed by atoms with Gasteiger partial charge in [-0.15, -0.1) is 0 Å². The fraction of sp³-hybridized carbons (Fsp3) is 0.143. The van der Waals surface area contributed by atoms with Crippen molar-refractivity contribution in [3.8, 4) is 0 Å². The number of rotatable bonds is 2. The Labute approximate surface area is 77.6 Å². The molecule has 1 nitrogen and oxygen atoms in total. The molecule has 60 valence electrons. The largest absolute Gasteiger partial charge is 0.330 e. The summed E-state index contributed by atoms with van der Waals surface area (Å²) in [6.45, 7) is 0. The molecule has 1 aromatic carbocycles. The minimum atomic E-state index is -0.240. The van der Waals surface area contributed by atoms with Crippen molar-refractivity contribution in [1.82, 2.24) is 0 Å². The Morgan fingerprint density at radius 2 is 2.18 bits per heavy atom. The Morgan fingerprint density at radius 3 is 2.73 bits per heavy atom. The van der Waals surface area contributed by atoms with Gasteiger partial charge in [0.25, 0.3) is 0 Å². The van der Waals surface area contributed by atoms with Crippen LogP contribution in [0.25, 0.3) is 0 Å². The first-order chi connectivity index (χ1) is 5.22. The van der Waals surface area contributed by atoms with Crippen molar-refractivity contribution >= 4 is 33.6 Å². The normalized spacial score (nSPS) is 9.73. The molecule has 1 aromatic rings. The second kappa shape index (κ2) is 3.97. The van der Waals surface area contributed by atoms with Gasteiger partial charge in [0.05, 0.1) is 0 Å². The molecule has 0 radical (unpaired) electrons. The summed E-state index contributed by atoms with van der Waals surface area (Å²) in [5.41, 5.74) is 0.768. The van der Waals surface area contributed by atoms with Crippen LogP contribution in [0.1, 0.15) is 0 Å². The monoisotopic (exact) mass is 235 g/mol. The second-order valence-corrected chi connectivity index (χ2v) is 3.49. The third kappa shape index (κ3) is 2.71. The van der Waals surface area contributed by atoms with Gasteiger partial charge in [-0.05, 0) is 18.2 Å². The van der Waals surface area contributed by atoms with E-state index in [-0.39, 0.29) is 5.82 Å². The highest BCUT2D eigenvalue weighted by Crippen LogP contribution is 2.19. The summed E-state index contributed by atoms with van der Waals surface area (Å²) < 4.78 is 16.4. The van der Waals surface area contributed by atoms with Crippen molar-refractivity contribution in [2.24, 2.45) is 0 Å². The van der Waals surface area contributed by atoms with Crippen LogP contribution in [0, 0.1) is 5.82 Å². The quantitative estimate of drug-likeness (QED) is 0.791. The maximum atomic E-state index is 12.7. The summed E-state index contributed by atoms with van der Waals surface area (Å²) in [7, 11) is 0. The summed E-state index contributed by atoms with van der Waals surface area (Å²) in [6.07, 6.45) is 1.89. The van der Waals surface area contributed by atoms with E-state index < -0.39 is 0 Å². The zero-order valence-electron chi connectivity index (χ0n) is 5.90. The van der Waals surface area contributed by atoms with Crippen molar-refractivity contribution in [2.45, 2.75) is 0 Å². The third-order valence-corrected chi connectivity index (χ3v) is 1.98. The van der Waals surface area contributed by atoms with Gasteiger partial charge < -0.3 is 4.72 Å². The average molecular weight is 236 g/mol. The number of halogens is 2. The molecule has 0 aromatic heterocycles. The summed E-state index contributed by atoms with van der Waals surface area (Å²) in [5.74, 6) is -0.240. The standard InChI is InChI=1S/C7H7BrFNS/c1-11-10-7-3-5(8)2-6(9)4-7/h2-4,10H,1H3. The molecule has 0 heterocycles. The predicted octanol–water partition coefficient (Wildman–Crippen LogP) is 3.28. The maximum Gasteiger partial charge on any atom is 0.126 e. The smallest absolute Gasteiger partial charge is 0.126 e. The third-order valence-electron chi connectivity index (χ3n) is 1.08. The molecular formula is C7H7BrFNS. The molecule has 0 aliphatic rings. The van der Waals surface area contributed by atoms with Crippen molar-refractivity contribution in [3.63, 3.8) is 0 Å². The Bertz CT molecular complexity index is 234. The van der Waals surface area contributed by atoms with E-state index in [0.717, 1.165) is 10.2 Å². The fourth-order valence-corrected chi connectivity index (χ4v) is 1.55. The Morgan fingerprint density at radius 1 is 1.45 bits per heavy atom. The lowest BCUT2D eigenvalue weighted by molar-refractivity contribution is 0.627. The minimum absolute atomic E-state index is 0.240. The van der Waals surface area contributed by atoms with Gasteiger partial charge in [0.15, 0.2) is 0 Å². The first-order valence-corrected chi connectivity index (χ1v) is 4.99. The van der Waals surface area contributed by atoms with Gasteiger partial charge in [-0.1, -0.05) is 27.9 Å². The van der Waals surface area contributed by atoms with E-state index >= 15 is 0 Å². The Kier molecular flexibility index (Phi) is 3.20. The molecule has 0 aliphatic heterocycles. The lowest BCUT2D eigenvalue weighted by Gasteiger charge is -2.01. The van der Waals surface area contributed by atoms with Crippen LogP contribution in [-0.4, -0.2) is 6.26 Å². The molecule has 0 atom stereocenters. The average Bonchev–Trinajstić information content (AvgIpc) is 1.85. The van der Waals surface area contributed by atoms with Crippen LogP contribution in [0.5, 0.6) is 0 Å². The molecule has 11 heavy (non-hydrogen) atoms. The zero-order chi connectivity index (χ0) is 8.27. The highest BCUT2D eigenvalue weighted by Gasteiger charge is 1.96. The van der Waals surface area contributed by atoms with Crippen LogP contribution in [0.2, 0.25) is 0 Å². The molecule has 4 heteroatoms. The molecule has 0 bridgehead atoms. The highest BCUT2D eigenvalue weighted by molar-refractivity contribution is 9.10. The maximum absolute atomic E-state index is 12.7. The van der Waals surface area contributed by atoms with Crippen LogP contribution in [0.15, 0.2) is 22.7 Å². The van der Waals surface area contributed by atoms with Crippen LogP contribution < -0.4 is 4.72 Å². The van der Waals surface area contributed by atoms with E-state index in [0.29, 0.717) is 0 Å². The van der Waals surface area contributed by atoms with Gasteiger partial charge in [0.2, 0.25) is 0 Å². The van der Waals surface area contributed by atoms with E-state index in [4.69, 9.17) is 0 Å². The second-order valence-electron chi connectivity index (χ2n) is 1.96. The van der Waals surface area contributed by atoms with Gasteiger partial charge in [0.1, 0.15) is 5.82 Å². The summed E-state index contributed by atoms with van der Waals surface area (Å²) in [4.78, 5) is 0. The van der Waals surface area contributed by atoms with E-state index in [9.17, 15) is 4.39 Å². The topological polar surface area (TPSA) is 12.0 Å². The van der Waals surface area contributed by atoms with Crippen LogP contribution in [0.3, 0.4) is 0 Å². The first-order valence-electron chi connectivity index (χ1n) is 2.97. The van der Waals surface area contributed by atoms with Crippen molar-refractivity contribution in [2.75, 3.05) is 11.0 Å². The first kappa shape index (κ1) is 8.87. The molecular weight excluding hydrogens is 229 g/mol. The molecule has 0 aliphatic carbocycles. The summed E-state index contributed by atoms with van der Waals surface area (Å²) in [6, 6.07) is 4.69. The van der Waals surface area contributed by atoms with E-state index in [1.165, 1.54) is 24.1 Å². The summed E-state index contributed by atoms with van der Waals surface area (Å²) >= 11 is 4.63. The van der Waals surface area contributed by atoms with Crippen LogP contribution in [0.4, 0.5) is 10.1 Å².